The molecule has 2 aromatic heterocycles. The van der Waals surface area contributed by atoms with Crippen LogP contribution in [0, 0.1) is 11.8 Å². The molecule has 1 fully saturated rings. The SMILES string of the molecule is NC(=O)c1ccc(-c2nc3cc(C[C@H](C(N)=O)C4CC4)cc4c3n2CCCO4)cn1. The normalized spacial score (nSPS) is 16.7. The Morgan fingerprint density at radius 1 is 1.23 bits per heavy atom. The number of carbonyl (C=O) groups excluding carboxylic acids is 2. The van der Waals surface area contributed by atoms with Gasteiger partial charge >= 0.3 is 0 Å². The van der Waals surface area contributed by atoms with E-state index in [-0.39, 0.29) is 17.5 Å². The van der Waals surface area contributed by atoms with Crippen molar-refractivity contribution >= 4 is 22.8 Å². The van der Waals surface area contributed by atoms with Crippen LogP contribution in [0.2, 0.25) is 0 Å². The van der Waals surface area contributed by atoms with Gasteiger partial charge in [0.05, 0.1) is 12.1 Å². The van der Waals surface area contributed by atoms with Crippen molar-refractivity contribution in [1.29, 1.82) is 0 Å². The minimum absolute atomic E-state index is 0.146. The summed E-state index contributed by atoms with van der Waals surface area (Å²) < 4.78 is 8.16. The van der Waals surface area contributed by atoms with Crippen molar-refractivity contribution in [3.8, 4) is 17.1 Å². The molecular formula is C22H23N5O3. The van der Waals surface area contributed by atoms with Gasteiger partial charge in [-0.15, -0.1) is 0 Å². The Morgan fingerprint density at radius 3 is 2.73 bits per heavy atom. The predicted molar refractivity (Wildman–Crippen MR) is 111 cm³/mol. The maximum absolute atomic E-state index is 11.9. The van der Waals surface area contributed by atoms with Gasteiger partial charge in [-0.05, 0) is 61.4 Å². The summed E-state index contributed by atoms with van der Waals surface area (Å²) in [7, 11) is 0. The van der Waals surface area contributed by atoms with E-state index in [0.717, 1.165) is 59.5 Å². The van der Waals surface area contributed by atoms with Gasteiger partial charge in [0, 0.05) is 24.2 Å². The van der Waals surface area contributed by atoms with Gasteiger partial charge in [0.2, 0.25) is 5.91 Å². The molecule has 3 heterocycles. The van der Waals surface area contributed by atoms with Crippen LogP contribution in [0.4, 0.5) is 0 Å². The number of imidazole rings is 1. The highest BCUT2D eigenvalue weighted by Crippen LogP contribution is 2.40. The summed E-state index contributed by atoms with van der Waals surface area (Å²) in [6, 6.07) is 7.46. The number of aromatic nitrogens is 3. The van der Waals surface area contributed by atoms with Crippen LogP contribution in [0.5, 0.6) is 5.75 Å². The van der Waals surface area contributed by atoms with Crippen molar-refractivity contribution in [3.05, 3.63) is 41.7 Å². The Hall–Kier alpha value is -3.42. The average molecular weight is 405 g/mol. The quantitative estimate of drug-likeness (QED) is 0.649. The van der Waals surface area contributed by atoms with Crippen LogP contribution in [0.1, 0.15) is 35.3 Å². The van der Waals surface area contributed by atoms with E-state index in [4.69, 9.17) is 21.2 Å². The molecule has 8 nitrogen and oxygen atoms in total. The summed E-state index contributed by atoms with van der Waals surface area (Å²) in [5, 5.41) is 0. The van der Waals surface area contributed by atoms with Crippen molar-refractivity contribution < 1.29 is 14.3 Å². The number of nitrogens with two attached hydrogens (primary N) is 2. The number of carbonyl (C=O) groups is 2. The molecule has 3 aromatic rings. The number of nitrogens with zero attached hydrogens (tertiary/aromatic N) is 3. The fourth-order valence-corrected chi connectivity index (χ4v) is 4.28. The van der Waals surface area contributed by atoms with Gasteiger partial charge < -0.3 is 20.8 Å². The first-order chi connectivity index (χ1) is 14.5. The summed E-state index contributed by atoms with van der Waals surface area (Å²) in [4.78, 5) is 32.3. The molecule has 4 N–H and O–H groups in total. The smallest absolute Gasteiger partial charge is 0.267 e. The van der Waals surface area contributed by atoms with E-state index < -0.39 is 5.91 Å². The van der Waals surface area contributed by atoms with E-state index in [0.29, 0.717) is 18.9 Å². The summed E-state index contributed by atoms with van der Waals surface area (Å²) in [5.41, 5.74) is 14.7. The molecule has 2 aliphatic rings. The van der Waals surface area contributed by atoms with Crippen molar-refractivity contribution in [1.82, 2.24) is 14.5 Å². The van der Waals surface area contributed by atoms with E-state index in [9.17, 15) is 9.59 Å². The van der Waals surface area contributed by atoms with Crippen LogP contribution >= 0.6 is 0 Å². The lowest BCUT2D eigenvalue weighted by Gasteiger charge is -2.13. The van der Waals surface area contributed by atoms with Crippen molar-refractivity contribution in [3.63, 3.8) is 0 Å². The third-order valence-corrected chi connectivity index (χ3v) is 5.94. The van der Waals surface area contributed by atoms with E-state index in [1.54, 1.807) is 18.3 Å². The molecule has 2 amide bonds. The monoisotopic (exact) mass is 405 g/mol. The van der Waals surface area contributed by atoms with Crippen molar-refractivity contribution in [2.45, 2.75) is 32.2 Å². The lowest BCUT2D eigenvalue weighted by atomic mass is 9.94. The lowest BCUT2D eigenvalue weighted by Crippen LogP contribution is -2.26. The third-order valence-electron chi connectivity index (χ3n) is 5.94. The molecule has 5 rings (SSSR count). The second-order valence-electron chi connectivity index (χ2n) is 8.10. The Morgan fingerprint density at radius 2 is 2.07 bits per heavy atom. The van der Waals surface area contributed by atoms with Crippen molar-refractivity contribution in [2.75, 3.05) is 6.61 Å². The van der Waals surface area contributed by atoms with E-state index in [1.165, 1.54) is 0 Å². The summed E-state index contributed by atoms with van der Waals surface area (Å²) in [5.74, 6) is 0.989. The first kappa shape index (κ1) is 18.6. The largest absolute Gasteiger partial charge is 0.491 e. The minimum atomic E-state index is -0.562. The molecule has 8 heteroatoms. The van der Waals surface area contributed by atoms with Gasteiger partial charge in [-0.25, -0.2) is 4.98 Å². The third kappa shape index (κ3) is 3.28. The molecular weight excluding hydrogens is 382 g/mol. The zero-order valence-electron chi connectivity index (χ0n) is 16.5. The Labute approximate surface area is 173 Å². The zero-order chi connectivity index (χ0) is 20.8. The Balaban J connectivity index is 1.59. The number of pyridine rings is 1. The summed E-state index contributed by atoms with van der Waals surface area (Å²) in [6.07, 6.45) is 5.19. The second kappa shape index (κ2) is 7.12. The molecule has 30 heavy (non-hydrogen) atoms. The van der Waals surface area contributed by atoms with Crippen LogP contribution in [0.3, 0.4) is 0 Å². The van der Waals surface area contributed by atoms with Gasteiger partial charge in [-0.3, -0.25) is 14.6 Å². The highest BCUT2D eigenvalue weighted by atomic mass is 16.5. The van der Waals surface area contributed by atoms with E-state index in [2.05, 4.69) is 9.55 Å². The molecule has 1 saturated carbocycles. The standard InChI is InChI=1S/C22H23N5O3/c23-20(28)15(13-2-3-13)8-12-9-17-19-18(10-12)30-7-1-6-27(19)22(26-17)14-4-5-16(21(24)29)25-11-14/h4-5,9-11,13,15H,1-3,6-8H2,(H2,23,28)(H2,24,29)/t15-/m0/s1. The fourth-order valence-electron chi connectivity index (χ4n) is 4.28. The van der Waals surface area contributed by atoms with Crippen molar-refractivity contribution in [2.24, 2.45) is 23.3 Å². The Bertz CT molecular complexity index is 1150. The summed E-state index contributed by atoms with van der Waals surface area (Å²) >= 11 is 0. The highest BCUT2D eigenvalue weighted by molar-refractivity contribution is 5.91. The molecule has 1 atom stereocenters. The van der Waals surface area contributed by atoms with Crippen LogP contribution in [0.25, 0.3) is 22.4 Å². The van der Waals surface area contributed by atoms with Crippen LogP contribution in [0.15, 0.2) is 30.5 Å². The second-order valence-corrected chi connectivity index (χ2v) is 8.10. The molecule has 0 radical (unpaired) electrons. The lowest BCUT2D eigenvalue weighted by molar-refractivity contribution is -0.122. The number of amides is 2. The van der Waals surface area contributed by atoms with Crippen LogP contribution in [-0.2, 0) is 17.8 Å². The molecule has 1 aliphatic heterocycles. The number of rotatable bonds is 6. The van der Waals surface area contributed by atoms with Crippen LogP contribution < -0.4 is 16.2 Å². The van der Waals surface area contributed by atoms with E-state index >= 15 is 0 Å². The first-order valence-corrected chi connectivity index (χ1v) is 10.2. The van der Waals surface area contributed by atoms with Gasteiger partial charge in [-0.2, -0.15) is 0 Å². The average Bonchev–Trinajstić information content (AvgIpc) is 3.52. The number of hydrogen-bond donors (Lipinski definition) is 2. The predicted octanol–water partition coefficient (Wildman–Crippen LogP) is 2.03. The maximum atomic E-state index is 11.9. The van der Waals surface area contributed by atoms with Crippen LogP contribution in [-0.4, -0.2) is 33.0 Å². The molecule has 0 saturated heterocycles. The zero-order valence-corrected chi connectivity index (χ0v) is 16.5. The van der Waals surface area contributed by atoms with Gasteiger partial charge in [-0.1, -0.05) is 0 Å². The first-order valence-electron chi connectivity index (χ1n) is 10.2. The fraction of sp³-hybridized carbons (Fsp3) is 0.364. The molecule has 154 valence electrons. The van der Waals surface area contributed by atoms with Gasteiger partial charge in [0.15, 0.2) is 0 Å². The number of aryl methyl sites for hydroxylation is 1. The minimum Gasteiger partial charge on any atom is -0.491 e. The number of hydrogen-bond acceptors (Lipinski definition) is 5. The Kier molecular flexibility index (Phi) is 4.42. The molecule has 1 aromatic carbocycles. The number of ether oxygens (including phenoxy) is 1. The maximum Gasteiger partial charge on any atom is 0.267 e. The van der Waals surface area contributed by atoms with Gasteiger partial charge in [0.1, 0.15) is 22.8 Å². The molecule has 0 unspecified atom stereocenters. The molecule has 0 bridgehead atoms. The van der Waals surface area contributed by atoms with E-state index in [1.807, 2.05) is 12.1 Å². The topological polar surface area (TPSA) is 126 Å². The number of primary amides is 2. The van der Waals surface area contributed by atoms with Gasteiger partial charge in [0.25, 0.3) is 5.91 Å². The molecule has 0 spiro atoms. The number of benzene rings is 1. The summed E-state index contributed by atoms with van der Waals surface area (Å²) in [6.45, 7) is 1.38. The molecule has 1 aliphatic carbocycles. The highest BCUT2D eigenvalue weighted by Gasteiger charge is 2.35.